The maximum atomic E-state index is 13.8. The predicted octanol–water partition coefficient (Wildman–Crippen LogP) is 0.768. The van der Waals surface area contributed by atoms with Gasteiger partial charge in [-0.25, -0.2) is 0 Å². The van der Waals surface area contributed by atoms with Crippen LogP contribution in [0, 0.1) is 6.92 Å². The molecule has 1 aliphatic carbocycles. The lowest BCUT2D eigenvalue weighted by molar-refractivity contribution is -0.134. The van der Waals surface area contributed by atoms with Gasteiger partial charge in [0.05, 0.1) is 17.8 Å². The van der Waals surface area contributed by atoms with E-state index in [1.165, 1.54) is 11.6 Å². The molecule has 2 aromatic heterocycles. The molecule has 2 aliphatic heterocycles. The lowest BCUT2D eigenvalue weighted by Crippen LogP contribution is -2.59. The Morgan fingerprint density at radius 2 is 1.71 bits per heavy atom. The van der Waals surface area contributed by atoms with Crippen molar-refractivity contribution in [1.29, 1.82) is 0 Å². The fourth-order valence-electron chi connectivity index (χ4n) is 5.78. The van der Waals surface area contributed by atoms with Crippen molar-refractivity contribution in [1.82, 2.24) is 41.4 Å². The van der Waals surface area contributed by atoms with Crippen molar-refractivity contribution in [3.63, 3.8) is 0 Å². The van der Waals surface area contributed by atoms with Gasteiger partial charge in [0.1, 0.15) is 41.5 Å². The molecule has 0 unspecified atom stereocenters. The van der Waals surface area contributed by atoms with Crippen LogP contribution in [0.25, 0.3) is 5.52 Å². The van der Waals surface area contributed by atoms with E-state index in [0.29, 0.717) is 29.8 Å². The summed E-state index contributed by atoms with van der Waals surface area (Å²) in [6.45, 7) is 3.58. The smallest absolute Gasteiger partial charge is 0.256 e. The monoisotopic (exact) mass is 666 g/mol. The van der Waals surface area contributed by atoms with E-state index in [4.69, 9.17) is 4.74 Å². The molecular formula is C35H38N8O6. The van der Waals surface area contributed by atoms with Gasteiger partial charge in [0.15, 0.2) is 0 Å². The number of benzene rings is 2. The minimum atomic E-state index is -1.08. The second-order valence-corrected chi connectivity index (χ2v) is 12.4. The van der Waals surface area contributed by atoms with Gasteiger partial charge in [-0.15, -0.1) is 0 Å². The fourth-order valence-corrected chi connectivity index (χ4v) is 5.78. The summed E-state index contributed by atoms with van der Waals surface area (Å²) >= 11 is 0. The van der Waals surface area contributed by atoms with Gasteiger partial charge < -0.3 is 31.3 Å². The van der Waals surface area contributed by atoms with Crippen LogP contribution in [0.1, 0.15) is 46.9 Å². The van der Waals surface area contributed by atoms with Gasteiger partial charge in [-0.1, -0.05) is 42.5 Å². The highest BCUT2D eigenvalue weighted by molar-refractivity contribution is 6.04. The lowest BCUT2D eigenvalue weighted by atomic mass is 10.0. The number of fused-ring (bicyclic) bond motifs is 16. The number of amides is 5. The molecule has 5 amide bonds. The number of aromatic nitrogens is 3. The number of carbonyl (C=O) groups is 5. The molecule has 49 heavy (non-hydrogen) atoms. The average molecular weight is 667 g/mol. The third-order valence-electron chi connectivity index (χ3n) is 8.68. The van der Waals surface area contributed by atoms with Crippen molar-refractivity contribution < 1.29 is 28.7 Å². The van der Waals surface area contributed by atoms with Crippen molar-refractivity contribution in [3.8, 4) is 5.75 Å². The molecule has 3 atom stereocenters. The lowest BCUT2D eigenvalue weighted by Gasteiger charge is -2.25. The Balaban J connectivity index is 1.26. The molecule has 0 radical (unpaired) electrons. The predicted molar refractivity (Wildman–Crippen MR) is 177 cm³/mol. The number of carbonyl (C=O) groups excluding carboxylic acids is 5. The molecule has 1 spiro atoms. The van der Waals surface area contributed by atoms with E-state index in [9.17, 15) is 24.0 Å². The molecule has 14 heteroatoms. The minimum Gasteiger partial charge on any atom is -0.492 e. The molecular weight excluding hydrogens is 628 g/mol. The maximum Gasteiger partial charge on any atom is 0.256 e. The first-order valence-corrected chi connectivity index (χ1v) is 16.2. The van der Waals surface area contributed by atoms with Crippen molar-refractivity contribution in [2.75, 3.05) is 13.2 Å². The summed E-state index contributed by atoms with van der Waals surface area (Å²) in [6, 6.07) is 16.4. The van der Waals surface area contributed by atoms with Crippen LogP contribution in [0.2, 0.25) is 0 Å². The first-order valence-electron chi connectivity index (χ1n) is 16.2. The van der Waals surface area contributed by atoms with Gasteiger partial charge >= 0.3 is 0 Å². The number of nitrogens with zero attached hydrogens (tertiary/aromatic N) is 3. The standard InChI is InChI=1S/C35H38N8O6/c1-21-29(28-9-6-16-37-43(28)42-21)33(47)40-26-20-24-10-12-25(13-11-24)49-18-17-36-34(48)35(14-15-35)41-32(46)27(19-23-7-4-3-5-8-23)39-30(44)22(2)38-31(26)45/h3-13,16,22,26-27H,14-15,17-20H2,1-2H3,(H,36,48)(H,38,45)(H,39,44)(H,40,47)(H,41,46)/t22-,26-,27+/m0/s1. The van der Waals surface area contributed by atoms with Crippen LogP contribution in [0.5, 0.6) is 5.75 Å². The number of nitrogens with one attached hydrogen (secondary N) is 5. The Kier molecular flexibility index (Phi) is 9.56. The quantitative estimate of drug-likeness (QED) is 0.198. The van der Waals surface area contributed by atoms with Crippen molar-refractivity contribution in [2.24, 2.45) is 0 Å². The van der Waals surface area contributed by atoms with Crippen LogP contribution in [0.4, 0.5) is 0 Å². The van der Waals surface area contributed by atoms with Crippen LogP contribution in [0.15, 0.2) is 72.9 Å². The zero-order chi connectivity index (χ0) is 34.5. The first kappa shape index (κ1) is 33.1. The normalized spacial score (nSPS) is 21.6. The molecule has 7 rings (SSSR count). The minimum absolute atomic E-state index is 0.0971. The zero-order valence-electron chi connectivity index (χ0n) is 27.2. The molecule has 2 aromatic carbocycles. The van der Waals surface area contributed by atoms with Gasteiger partial charge in [0, 0.05) is 19.0 Å². The van der Waals surface area contributed by atoms with E-state index >= 15 is 0 Å². The summed E-state index contributed by atoms with van der Waals surface area (Å²) in [7, 11) is 0. The zero-order valence-corrected chi connectivity index (χ0v) is 27.2. The van der Waals surface area contributed by atoms with Crippen LogP contribution in [-0.2, 0) is 32.0 Å². The molecule has 0 saturated heterocycles. The number of rotatable bonds is 4. The highest BCUT2D eigenvalue weighted by Gasteiger charge is 2.51. The molecule has 5 N–H and O–H groups in total. The van der Waals surface area contributed by atoms with E-state index in [1.54, 1.807) is 49.5 Å². The maximum absolute atomic E-state index is 13.8. The average Bonchev–Trinajstić information content (AvgIpc) is 3.79. The Hall–Kier alpha value is -5.79. The van der Waals surface area contributed by atoms with Crippen LogP contribution in [-0.4, -0.2) is 81.2 Å². The summed E-state index contributed by atoms with van der Waals surface area (Å²) in [5.41, 5.74) is 1.64. The van der Waals surface area contributed by atoms with Crippen molar-refractivity contribution in [2.45, 2.75) is 63.2 Å². The van der Waals surface area contributed by atoms with Gasteiger partial charge in [0.2, 0.25) is 23.6 Å². The van der Waals surface area contributed by atoms with Crippen molar-refractivity contribution >= 4 is 35.1 Å². The number of hydrogen-bond donors (Lipinski definition) is 5. The highest BCUT2D eigenvalue weighted by atomic mass is 16.5. The Bertz CT molecular complexity index is 1870. The third kappa shape index (κ3) is 7.69. The summed E-state index contributed by atoms with van der Waals surface area (Å²) in [5, 5.41) is 22.5. The van der Waals surface area contributed by atoms with Crippen molar-refractivity contribution in [3.05, 3.63) is 95.3 Å². The van der Waals surface area contributed by atoms with Gasteiger partial charge in [-0.2, -0.15) is 14.8 Å². The molecule has 1 fully saturated rings. The summed E-state index contributed by atoms with van der Waals surface area (Å²) in [4.78, 5) is 67.6. The Morgan fingerprint density at radius 3 is 2.45 bits per heavy atom. The van der Waals surface area contributed by atoms with Gasteiger partial charge in [0.25, 0.3) is 5.91 Å². The molecule has 254 valence electrons. The summed E-state index contributed by atoms with van der Waals surface area (Å²) < 4.78 is 7.16. The van der Waals surface area contributed by atoms with Gasteiger partial charge in [-0.05, 0) is 62.1 Å². The highest BCUT2D eigenvalue weighted by Crippen LogP contribution is 2.35. The number of hydrogen-bond acceptors (Lipinski definition) is 8. The SMILES string of the molecule is Cc1nn2ncccc2c1C(=O)N[C@H]1Cc2ccc(cc2)OCCNC(=O)C2(CC2)NC(=O)[C@@H](Cc2ccccc2)NC(=O)[C@H](C)NC1=O. The van der Waals surface area contributed by atoms with E-state index in [1.807, 2.05) is 30.3 Å². The fraction of sp³-hybridized carbons (Fsp3) is 0.343. The van der Waals surface area contributed by atoms with Crippen LogP contribution in [0.3, 0.4) is 0 Å². The van der Waals surface area contributed by atoms with E-state index in [2.05, 4.69) is 36.8 Å². The molecule has 3 aliphatic rings. The first-order chi connectivity index (χ1) is 23.6. The number of aryl methyl sites for hydroxylation is 1. The van der Waals surface area contributed by atoms with E-state index in [0.717, 1.165) is 11.1 Å². The third-order valence-corrected chi connectivity index (χ3v) is 8.68. The van der Waals surface area contributed by atoms with E-state index < -0.39 is 47.3 Å². The molecule has 14 nitrogen and oxygen atoms in total. The molecule has 4 heterocycles. The Labute approximate surface area is 282 Å². The molecule has 2 bridgehead atoms. The van der Waals surface area contributed by atoms with Crippen LogP contribution < -0.4 is 31.3 Å². The molecule has 1 saturated carbocycles. The van der Waals surface area contributed by atoms with Crippen LogP contribution >= 0.6 is 0 Å². The summed E-state index contributed by atoms with van der Waals surface area (Å²) in [5.74, 6) is -2.02. The second kappa shape index (κ2) is 14.1. The molecule has 4 aromatic rings. The van der Waals surface area contributed by atoms with Gasteiger partial charge in [-0.3, -0.25) is 24.0 Å². The van der Waals surface area contributed by atoms with E-state index in [-0.39, 0.29) is 37.5 Å². The number of ether oxygens (including phenoxy) is 1. The second-order valence-electron chi connectivity index (χ2n) is 12.4. The largest absolute Gasteiger partial charge is 0.492 e. The topological polar surface area (TPSA) is 185 Å². The summed E-state index contributed by atoms with van der Waals surface area (Å²) in [6.07, 6.45) is 2.73. The Morgan fingerprint density at radius 1 is 0.959 bits per heavy atom.